The minimum atomic E-state index is -1.75. The predicted molar refractivity (Wildman–Crippen MR) is 109 cm³/mol. The molecule has 0 saturated heterocycles. The summed E-state index contributed by atoms with van der Waals surface area (Å²) in [6.45, 7) is 1.76. The Morgan fingerprint density at radius 1 is 1.20 bits per heavy atom. The minimum Gasteiger partial charge on any atom is -0.462 e. The zero-order chi connectivity index (χ0) is 21.5. The minimum absolute atomic E-state index is 0.0527. The van der Waals surface area contributed by atoms with Crippen molar-refractivity contribution >= 4 is 23.3 Å². The highest BCUT2D eigenvalue weighted by Crippen LogP contribution is 2.54. The first-order valence-electron chi connectivity index (χ1n) is 9.41. The molecule has 7 heteroatoms. The van der Waals surface area contributed by atoms with Gasteiger partial charge in [-0.25, -0.2) is 4.79 Å². The number of anilines is 1. The van der Waals surface area contributed by atoms with Crippen LogP contribution >= 0.6 is 0 Å². The molecule has 150 valence electrons. The molecule has 0 fully saturated rings. The Bertz CT molecular complexity index is 1160. The van der Waals surface area contributed by atoms with Gasteiger partial charge in [-0.2, -0.15) is 5.26 Å². The van der Waals surface area contributed by atoms with Gasteiger partial charge in [0.25, 0.3) is 0 Å². The summed E-state index contributed by atoms with van der Waals surface area (Å²) in [6.07, 6.45) is 0. The maximum atomic E-state index is 13.7. The van der Waals surface area contributed by atoms with Crippen molar-refractivity contribution in [3.05, 3.63) is 82.8 Å². The Morgan fingerprint density at radius 3 is 2.53 bits per heavy atom. The van der Waals surface area contributed by atoms with E-state index in [4.69, 9.17) is 15.2 Å². The number of nitriles is 1. The van der Waals surface area contributed by atoms with Gasteiger partial charge in [0.2, 0.25) is 11.8 Å². The third-order valence-electron chi connectivity index (χ3n) is 5.36. The number of esters is 1. The number of hydrogen-bond donors (Lipinski definition) is 1. The van der Waals surface area contributed by atoms with Crippen molar-refractivity contribution in [3.63, 3.8) is 0 Å². The first kappa shape index (κ1) is 19.3. The van der Waals surface area contributed by atoms with Crippen molar-refractivity contribution in [1.29, 1.82) is 5.26 Å². The summed E-state index contributed by atoms with van der Waals surface area (Å²) in [7, 11) is 1.60. The predicted octanol–water partition coefficient (Wildman–Crippen LogP) is 2.60. The van der Waals surface area contributed by atoms with Gasteiger partial charge in [0, 0.05) is 23.9 Å². The van der Waals surface area contributed by atoms with Crippen molar-refractivity contribution < 1.29 is 19.1 Å². The second-order valence-electron chi connectivity index (χ2n) is 6.88. The molecule has 2 aromatic rings. The third-order valence-corrected chi connectivity index (χ3v) is 5.36. The van der Waals surface area contributed by atoms with Crippen molar-refractivity contribution in [2.45, 2.75) is 12.3 Å². The Kier molecular flexibility index (Phi) is 4.55. The number of fused-ring (bicyclic) bond motifs is 2. The molecule has 0 radical (unpaired) electrons. The molecule has 1 spiro atoms. The fraction of sp³-hybridized carbons (Fsp3) is 0.174. The summed E-state index contributed by atoms with van der Waals surface area (Å²) in [5.74, 6) is -1.33. The van der Waals surface area contributed by atoms with E-state index in [2.05, 4.69) is 0 Å². The zero-order valence-corrected chi connectivity index (χ0v) is 16.5. The number of benzene rings is 2. The largest absolute Gasteiger partial charge is 0.462 e. The van der Waals surface area contributed by atoms with E-state index in [0.29, 0.717) is 16.8 Å². The number of nitrogens with zero attached hydrogens (tertiary/aromatic N) is 2. The summed E-state index contributed by atoms with van der Waals surface area (Å²) in [5, 5.41) is 9.99. The number of likely N-dealkylation sites (N-methyl/N-ethyl adjacent to an activating group) is 1. The normalized spacial score (nSPS) is 20.2. The van der Waals surface area contributed by atoms with Crippen LogP contribution in [-0.4, -0.2) is 25.5 Å². The van der Waals surface area contributed by atoms with E-state index in [1.54, 1.807) is 62.5 Å². The third kappa shape index (κ3) is 2.44. The number of amides is 1. The molecule has 2 aliphatic rings. The van der Waals surface area contributed by atoms with Crippen molar-refractivity contribution in [2.24, 2.45) is 5.73 Å². The number of carbonyl (C=O) groups excluding carboxylic acids is 2. The molecule has 30 heavy (non-hydrogen) atoms. The van der Waals surface area contributed by atoms with Gasteiger partial charge >= 0.3 is 5.97 Å². The lowest BCUT2D eigenvalue weighted by molar-refractivity contribution is -0.140. The molecule has 2 heterocycles. The molecule has 2 N–H and O–H groups in total. The second-order valence-corrected chi connectivity index (χ2v) is 6.88. The molecule has 1 atom stereocenters. The summed E-state index contributed by atoms with van der Waals surface area (Å²) in [6, 6.07) is 17.9. The molecule has 0 bridgehead atoms. The van der Waals surface area contributed by atoms with Crippen molar-refractivity contribution in [2.75, 3.05) is 18.6 Å². The monoisotopic (exact) mass is 401 g/mol. The highest BCUT2D eigenvalue weighted by molar-refractivity contribution is 6.20. The first-order valence-corrected chi connectivity index (χ1v) is 9.41. The lowest BCUT2D eigenvalue weighted by Gasteiger charge is -2.35. The molecule has 2 aromatic carbocycles. The smallest absolute Gasteiger partial charge is 0.339 e. The lowest BCUT2D eigenvalue weighted by atomic mass is 9.67. The van der Waals surface area contributed by atoms with Gasteiger partial charge in [0.15, 0.2) is 5.41 Å². The van der Waals surface area contributed by atoms with Crippen LogP contribution in [0.2, 0.25) is 0 Å². The Hall–Kier alpha value is -4.05. The topological polar surface area (TPSA) is 106 Å². The van der Waals surface area contributed by atoms with Gasteiger partial charge in [-0.3, -0.25) is 4.79 Å². The number of carbonyl (C=O) groups is 2. The Balaban J connectivity index is 2.16. The van der Waals surface area contributed by atoms with Gasteiger partial charge < -0.3 is 20.1 Å². The first-order chi connectivity index (χ1) is 14.5. The van der Waals surface area contributed by atoms with E-state index in [9.17, 15) is 14.9 Å². The maximum Gasteiger partial charge on any atom is 0.339 e. The fourth-order valence-corrected chi connectivity index (χ4v) is 4.12. The van der Waals surface area contributed by atoms with Gasteiger partial charge in [0.1, 0.15) is 23.0 Å². The van der Waals surface area contributed by atoms with Gasteiger partial charge in [-0.1, -0.05) is 48.5 Å². The lowest BCUT2D eigenvalue weighted by Crippen LogP contribution is -2.47. The maximum absolute atomic E-state index is 13.7. The second kappa shape index (κ2) is 7.08. The zero-order valence-electron chi connectivity index (χ0n) is 16.5. The van der Waals surface area contributed by atoms with E-state index >= 15 is 0 Å². The number of para-hydroxylation sites is 1. The quantitative estimate of drug-likeness (QED) is 0.793. The molecule has 1 amide bonds. The summed E-state index contributed by atoms with van der Waals surface area (Å²) < 4.78 is 11.1. The SMILES string of the molecule is CCOC(=O)C1=C(c2ccccc2)OC(N)=C(C#N)C12C(=O)N(C)c1ccccc12. The number of ether oxygens (including phenoxy) is 2. The van der Waals surface area contributed by atoms with Gasteiger partial charge in [-0.05, 0) is 13.0 Å². The van der Waals surface area contributed by atoms with E-state index < -0.39 is 17.3 Å². The van der Waals surface area contributed by atoms with Crippen LogP contribution in [0.15, 0.2) is 71.6 Å². The van der Waals surface area contributed by atoms with Crippen LogP contribution < -0.4 is 10.6 Å². The Morgan fingerprint density at radius 2 is 1.87 bits per heavy atom. The molecule has 4 rings (SSSR count). The van der Waals surface area contributed by atoms with Crippen LogP contribution in [0.25, 0.3) is 5.76 Å². The number of rotatable bonds is 3. The van der Waals surface area contributed by atoms with Crippen molar-refractivity contribution in [1.82, 2.24) is 0 Å². The summed E-state index contributed by atoms with van der Waals surface area (Å²) in [5.41, 5.74) is 5.82. The summed E-state index contributed by atoms with van der Waals surface area (Å²) in [4.78, 5) is 28.4. The molecule has 2 aliphatic heterocycles. The van der Waals surface area contributed by atoms with Crippen LogP contribution in [0.3, 0.4) is 0 Å². The van der Waals surface area contributed by atoms with E-state index in [-0.39, 0.29) is 29.4 Å². The van der Waals surface area contributed by atoms with Gasteiger partial charge in [-0.15, -0.1) is 0 Å². The molecular formula is C23H19N3O4. The van der Waals surface area contributed by atoms with Crippen LogP contribution in [0.4, 0.5) is 5.69 Å². The molecular weight excluding hydrogens is 382 g/mol. The van der Waals surface area contributed by atoms with E-state index in [1.807, 2.05) is 12.1 Å². The van der Waals surface area contributed by atoms with Crippen LogP contribution in [0.1, 0.15) is 18.1 Å². The molecule has 7 nitrogen and oxygen atoms in total. The highest BCUT2D eigenvalue weighted by Gasteiger charge is 2.62. The number of hydrogen-bond acceptors (Lipinski definition) is 6. The standard InChI is InChI=1S/C23H19N3O4/c1-3-29-21(27)18-19(14-9-5-4-6-10-14)30-20(25)16(13-24)23(18)15-11-7-8-12-17(15)26(2)22(23)28/h4-12H,3,25H2,1-2H3. The van der Waals surface area contributed by atoms with Crippen LogP contribution in [0, 0.1) is 11.3 Å². The highest BCUT2D eigenvalue weighted by atomic mass is 16.5. The molecule has 0 aromatic heterocycles. The van der Waals surface area contributed by atoms with Crippen LogP contribution in [-0.2, 0) is 24.5 Å². The molecule has 0 saturated carbocycles. The Labute approximate surface area is 173 Å². The van der Waals surface area contributed by atoms with E-state index in [0.717, 1.165) is 0 Å². The summed E-state index contributed by atoms with van der Waals surface area (Å²) >= 11 is 0. The van der Waals surface area contributed by atoms with Crippen LogP contribution in [0.5, 0.6) is 0 Å². The average Bonchev–Trinajstić information content (AvgIpc) is 2.97. The van der Waals surface area contributed by atoms with Gasteiger partial charge in [0.05, 0.1) is 6.61 Å². The molecule has 1 unspecified atom stereocenters. The van der Waals surface area contributed by atoms with Crippen molar-refractivity contribution in [3.8, 4) is 6.07 Å². The van der Waals surface area contributed by atoms with E-state index in [1.165, 1.54) is 4.90 Å². The fourth-order valence-electron chi connectivity index (χ4n) is 4.12. The molecule has 0 aliphatic carbocycles. The number of nitrogens with two attached hydrogens (primary N) is 1. The average molecular weight is 401 g/mol.